The SMILES string of the molecule is NC(c1nc(-c2ccsc2)no1)c1cccs1. The lowest BCUT2D eigenvalue weighted by atomic mass is 10.2. The first-order valence-corrected chi connectivity index (χ1v) is 6.82. The maximum atomic E-state index is 6.04. The molecule has 2 N–H and O–H groups in total. The Morgan fingerprint density at radius 3 is 2.94 bits per heavy atom. The highest BCUT2D eigenvalue weighted by Gasteiger charge is 2.18. The molecule has 0 bridgehead atoms. The van der Waals surface area contributed by atoms with E-state index in [0.29, 0.717) is 11.7 Å². The fraction of sp³-hybridized carbons (Fsp3) is 0.0909. The average molecular weight is 263 g/mol. The summed E-state index contributed by atoms with van der Waals surface area (Å²) in [6.45, 7) is 0. The van der Waals surface area contributed by atoms with Crippen molar-refractivity contribution in [3.8, 4) is 11.4 Å². The Morgan fingerprint density at radius 2 is 2.24 bits per heavy atom. The maximum absolute atomic E-state index is 6.04. The predicted octanol–water partition coefficient (Wildman–Crippen LogP) is 2.91. The highest BCUT2D eigenvalue weighted by molar-refractivity contribution is 7.10. The van der Waals surface area contributed by atoms with Crippen LogP contribution >= 0.6 is 22.7 Å². The third kappa shape index (κ3) is 2.02. The molecule has 0 fully saturated rings. The number of hydrogen-bond acceptors (Lipinski definition) is 6. The van der Waals surface area contributed by atoms with Crippen molar-refractivity contribution in [3.05, 3.63) is 45.1 Å². The second-order valence-electron chi connectivity index (χ2n) is 3.46. The van der Waals surface area contributed by atoms with Crippen molar-refractivity contribution in [2.24, 2.45) is 5.73 Å². The highest BCUT2D eigenvalue weighted by atomic mass is 32.1. The smallest absolute Gasteiger partial charge is 0.249 e. The minimum Gasteiger partial charge on any atom is -0.337 e. The molecule has 0 amide bonds. The van der Waals surface area contributed by atoms with E-state index in [9.17, 15) is 0 Å². The molecule has 1 unspecified atom stereocenters. The largest absolute Gasteiger partial charge is 0.337 e. The zero-order valence-electron chi connectivity index (χ0n) is 8.74. The van der Waals surface area contributed by atoms with Crippen LogP contribution in [0.3, 0.4) is 0 Å². The first-order valence-electron chi connectivity index (χ1n) is 5.00. The number of rotatable bonds is 3. The number of aromatic nitrogens is 2. The topological polar surface area (TPSA) is 64.9 Å². The van der Waals surface area contributed by atoms with Crippen molar-refractivity contribution < 1.29 is 4.52 Å². The van der Waals surface area contributed by atoms with E-state index in [1.165, 1.54) is 0 Å². The van der Waals surface area contributed by atoms with Gasteiger partial charge in [-0.25, -0.2) is 0 Å². The molecule has 0 aliphatic heterocycles. The molecule has 0 aromatic carbocycles. The van der Waals surface area contributed by atoms with Crippen LogP contribution in [0.4, 0.5) is 0 Å². The van der Waals surface area contributed by atoms with Gasteiger partial charge >= 0.3 is 0 Å². The van der Waals surface area contributed by atoms with E-state index >= 15 is 0 Å². The molecule has 0 aliphatic carbocycles. The Balaban J connectivity index is 1.90. The number of thiophene rings is 2. The van der Waals surface area contributed by atoms with Crippen LogP contribution in [-0.2, 0) is 0 Å². The number of hydrogen-bond donors (Lipinski definition) is 1. The standard InChI is InChI=1S/C11H9N3OS2/c12-9(8-2-1-4-17-8)11-13-10(14-15-11)7-3-5-16-6-7/h1-6,9H,12H2. The lowest BCUT2D eigenvalue weighted by Crippen LogP contribution is -2.10. The van der Waals surface area contributed by atoms with Crippen LogP contribution in [0.5, 0.6) is 0 Å². The van der Waals surface area contributed by atoms with Crippen LogP contribution in [0, 0.1) is 0 Å². The van der Waals surface area contributed by atoms with E-state index in [4.69, 9.17) is 10.3 Å². The van der Waals surface area contributed by atoms with E-state index in [-0.39, 0.29) is 6.04 Å². The first-order chi connectivity index (χ1) is 8.34. The molecule has 3 rings (SSSR count). The average Bonchev–Trinajstić information content (AvgIpc) is 3.09. The Labute approximate surface area is 106 Å². The molecule has 17 heavy (non-hydrogen) atoms. The molecule has 1 atom stereocenters. The van der Waals surface area contributed by atoms with Gasteiger partial charge in [-0.2, -0.15) is 16.3 Å². The summed E-state index contributed by atoms with van der Waals surface area (Å²) in [6.07, 6.45) is 0. The summed E-state index contributed by atoms with van der Waals surface area (Å²) in [6, 6.07) is 5.53. The lowest BCUT2D eigenvalue weighted by molar-refractivity contribution is 0.368. The molecule has 0 spiro atoms. The molecule has 0 aliphatic rings. The molecule has 0 radical (unpaired) electrons. The van der Waals surface area contributed by atoms with Crippen molar-refractivity contribution in [3.63, 3.8) is 0 Å². The van der Waals surface area contributed by atoms with Crippen LogP contribution < -0.4 is 5.73 Å². The summed E-state index contributed by atoms with van der Waals surface area (Å²) in [4.78, 5) is 5.34. The molecule has 4 nitrogen and oxygen atoms in total. The van der Waals surface area contributed by atoms with Crippen molar-refractivity contribution in [1.29, 1.82) is 0 Å². The summed E-state index contributed by atoms with van der Waals surface area (Å²) in [5.74, 6) is 1.04. The van der Waals surface area contributed by atoms with E-state index in [2.05, 4.69) is 10.1 Å². The Morgan fingerprint density at radius 1 is 1.29 bits per heavy atom. The summed E-state index contributed by atoms with van der Waals surface area (Å²) in [5.41, 5.74) is 7.01. The minimum absolute atomic E-state index is 0.338. The van der Waals surface area contributed by atoms with Crippen molar-refractivity contribution >= 4 is 22.7 Å². The van der Waals surface area contributed by atoms with Crippen molar-refractivity contribution in [2.75, 3.05) is 0 Å². The molecule has 3 aromatic rings. The molecule has 0 saturated heterocycles. The quantitative estimate of drug-likeness (QED) is 0.789. The summed E-state index contributed by atoms with van der Waals surface area (Å²) >= 11 is 3.18. The molecule has 86 valence electrons. The van der Waals surface area contributed by atoms with Crippen molar-refractivity contribution in [1.82, 2.24) is 10.1 Å². The summed E-state index contributed by atoms with van der Waals surface area (Å²) in [7, 11) is 0. The minimum atomic E-state index is -0.338. The third-order valence-corrected chi connectivity index (χ3v) is 3.98. The zero-order valence-corrected chi connectivity index (χ0v) is 10.4. The van der Waals surface area contributed by atoms with Crippen molar-refractivity contribution in [2.45, 2.75) is 6.04 Å². The maximum Gasteiger partial charge on any atom is 0.249 e. The van der Waals surface area contributed by atoms with Gasteiger partial charge < -0.3 is 10.3 Å². The molecule has 0 saturated carbocycles. The number of nitrogens with two attached hydrogens (primary N) is 1. The van der Waals surface area contributed by atoms with E-state index < -0.39 is 0 Å². The van der Waals surface area contributed by atoms with Crippen LogP contribution in [0.1, 0.15) is 16.8 Å². The van der Waals surface area contributed by atoms with Crippen LogP contribution in [0.25, 0.3) is 11.4 Å². The second kappa shape index (κ2) is 4.40. The van der Waals surface area contributed by atoms with Gasteiger partial charge in [-0.1, -0.05) is 11.2 Å². The monoisotopic (exact) mass is 263 g/mol. The normalized spacial score (nSPS) is 12.8. The molecule has 3 aromatic heterocycles. The van der Waals surface area contributed by atoms with Gasteiger partial charge in [-0.3, -0.25) is 0 Å². The fourth-order valence-electron chi connectivity index (χ4n) is 1.46. The first kappa shape index (κ1) is 10.6. The summed E-state index contributed by atoms with van der Waals surface area (Å²) < 4.78 is 5.20. The molecular formula is C11H9N3OS2. The fourth-order valence-corrected chi connectivity index (χ4v) is 2.81. The van der Waals surface area contributed by atoms with E-state index in [1.807, 2.05) is 34.3 Å². The van der Waals surface area contributed by atoms with Crippen LogP contribution in [0.15, 0.2) is 38.9 Å². The predicted molar refractivity (Wildman–Crippen MR) is 68.0 cm³/mol. The van der Waals surface area contributed by atoms with Gasteiger partial charge in [0.05, 0.1) is 0 Å². The Bertz CT molecular complexity index is 586. The van der Waals surface area contributed by atoms with E-state index in [1.54, 1.807) is 22.7 Å². The molecular weight excluding hydrogens is 254 g/mol. The molecule has 3 heterocycles. The highest BCUT2D eigenvalue weighted by Crippen LogP contribution is 2.25. The van der Waals surface area contributed by atoms with Gasteiger partial charge in [-0.05, 0) is 22.9 Å². The van der Waals surface area contributed by atoms with Gasteiger partial charge in [-0.15, -0.1) is 11.3 Å². The Hall–Kier alpha value is -1.50. The third-order valence-electron chi connectivity index (χ3n) is 2.34. The summed E-state index contributed by atoms with van der Waals surface area (Å²) in [5, 5.41) is 9.87. The van der Waals surface area contributed by atoms with E-state index in [0.717, 1.165) is 10.4 Å². The lowest BCUT2D eigenvalue weighted by Gasteiger charge is -2.01. The second-order valence-corrected chi connectivity index (χ2v) is 5.22. The van der Waals surface area contributed by atoms with Crippen LogP contribution in [-0.4, -0.2) is 10.1 Å². The van der Waals surface area contributed by atoms with Gasteiger partial charge in [0.1, 0.15) is 6.04 Å². The van der Waals surface area contributed by atoms with Gasteiger partial charge in [0.15, 0.2) is 0 Å². The van der Waals surface area contributed by atoms with Gasteiger partial charge in [0, 0.05) is 15.8 Å². The Kier molecular flexibility index (Phi) is 2.76. The van der Waals surface area contributed by atoms with Crippen LogP contribution in [0.2, 0.25) is 0 Å². The van der Waals surface area contributed by atoms with Gasteiger partial charge in [0.2, 0.25) is 11.7 Å². The molecule has 6 heteroatoms. The van der Waals surface area contributed by atoms with Gasteiger partial charge in [0.25, 0.3) is 0 Å². The number of nitrogens with zero attached hydrogens (tertiary/aromatic N) is 2. The zero-order chi connectivity index (χ0) is 11.7.